The van der Waals surface area contributed by atoms with Crippen molar-refractivity contribution in [3.63, 3.8) is 0 Å². The quantitative estimate of drug-likeness (QED) is 0.735. The number of esters is 1. The fourth-order valence-corrected chi connectivity index (χ4v) is 2.23. The first-order chi connectivity index (χ1) is 11.4. The summed E-state index contributed by atoms with van der Waals surface area (Å²) in [6, 6.07) is 5.77. The Kier molecular flexibility index (Phi) is 9.14. The van der Waals surface area contributed by atoms with Gasteiger partial charge in [-0.2, -0.15) is 9.59 Å². The second-order valence-corrected chi connectivity index (χ2v) is 8.03. The molecule has 0 aliphatic rings. The molecule has 5 heteroatoms. The van der Waals surface area contributed by atoms with Crippen LogP contribution in [0.5, 0.6) is 5.75 Å². The van der Waals surface area contributed by atoms with Crippen LogP contribution in [0.1, 0.15) is 70.3 Å². The zero-order valence-electron chi connectivity index (χ0n) is 16.4. The Morgan fingerprint density at radius 1 is 1.08 bits per heavy atom. The fourth-order valence-electron chi connectivity index (χ4n) is 2.23. The monoisotopic (exact) mass is 350 g/mol. The van der Waals surface area contributed by atoms with Crippen molar-refractivity contribution in [1.82, 2.24) is 0 Å². The van der Waals surface area contributed by atoms with Gasteiger partial charge in [-0.05, 0) is 63.1 Å². The molecule has 0 radical (unpaired) electrons. The van der Waals surface area contributed by atoms with E-state index in [0.717, 1.165) is 24.8 Å². The number of benzene rings is 1. The molecule has 0 aliphatic heterocycles. The van der Waals surface area contributed by atoms with Gasteiger partial charge < -0.3 is 9.47 Å². The predicted octanol–water partition coefficient (Wildman–Crippen LogP) is 4.44. The number of methoxy groups -OCH3 is 1. The van der Waals surface area contributed by atoms with Crippen LogP contribution >= 0.6 is 0 Å². The highest BCUT2D eigenvalue weighted by atomic mass is 16.6. The molecule has 0 unspecified atom stereocenters. The maximum absolute atomic E-state index is 12.3. The summed E-state index contributed by atoms with van der Waals surface area (Å²) >= 11 is 0. The third-order valence-corrected chi connectivity index (χ3v) is 3.27. The van der Waals surface area contributed by atoms with E-state index < -0.39 is 5.60 Å². The molecule has 1 aromatic carbocycles. The zero-order chi connectivity index (χ0) is 19.7. The molecule has 140 valence electrons. The van der Waals surface area contributed by atoms with E-state index >= 15 is 0 Å². The van der Waals surface area contributed by atoms with Crippen LogP contribution in [0.3, 0.4) is 0 Å². The lowest BCUT2D eigenvalue weighted by molar-refractivity contribution is -0.191. The molecule has 0 fully saturated rings. The van der Waals surface area contributed by atoms with E-state index in [-0.39, 0.29) is 12.1 Å². The Labute approximate surface area is 150 Å². The molecule has 0 N–H and O–H groups in total. The lowest BCUT2D eigenvalue weighted by Crippen LogP contribution is -2.24. The van der Waals surface area contributed by atoms with Crippen molar-refractivity contribution in [3.8, 4) is 5.75 Å². The van der Waals surface area contributed by atoms with Crippen LogP contribution in [0.25, 0.3) is 0 Å². The van der Waals surface area contributed by atoms with Crippen LogP contribution in [0.4, 0.5) is 0 Å². The van der Waals surface area contributed by atoms with Gasteiger partial charge in [0.2, 0.25) is 0 Å². The van der Waals surface area contributed by atoms with Gasteiger partial charge in [-0.15, -0.1) is 0 Å². The van der Waals surface area contributed by atoms with Gasteiger partial charge in [0.25, 0.3) is 0 Å². The molecule has 0 aromatic heterocycles. The average Bonchev–Trinajstić information content (AvgIpc) is 2.45. The molecule has 5 nitrogen and oxygen atoms in total. The van der Waals surface area contributed by atoms with Gasteiger partial charge in [0.05, 0.1) is 7.11 Å². The van der Waals surface area contributed by atoms with E-state index in [1.165, 1.54) is 0 Å². The summed E-state index contributed by atoms with van der Waals surface area (Å²) in [7, 11) is 1.57. The molecule has 0 heterocycles. The first-order valence-corrected chi connectivity index (χ1v) is 8.33. The molecule has 0 bridgehead atoms. The first-order valence-electron chi connectivity index (χ1n) is 8.33. The minimum Gasteiger partial charge on any atom is -0.496 e. The molecule has 0 aliphatic carbocycles. The second kappa shape index (κ2) is 10.00. The van der Waals surface area contributed by atoms with Crippen molar-refractivity contribution in [2.45, 2.75) is 66.4 Å². The smallest absolute Gasteiger partial charge is 0.373 e. The minimum absolute atomic E-state index is 0.250. The number of aryl methyl sites for hydroxylation is 1. The van der Waals surface area contributed by atoms with Crippen LogP contribution in [-0.2, 0) is 20.7 Å². The third-order valence-electron chi connectivity index (χ3n) is 3.27. The summed E-state index contributed by atoms with van der Waals surface area (Å²) in [4.78, 5) is 28.6. The lowest BCUT2D eigenvalue weighted by Gasteiger charge is -2.21. The largest absolute Gasteiger partial charge is 0.496 e. The first kappa shape index (κ1) is 22.9. The Balaban J connectivity index is 0.00000178. The molecular formula is C20H30O5. The topological polar surface area (TPSA) is 69.7 Å². The van der Waals surface area contributed by atoms with Crippen LogP contribution < -0.4 is 4.74 Å². The summed E-state index contributed by atoms with van der Waals surface area (Å²) in [5, 5.41) is 0. The van der Waals surface area contributed by atoms with Crippen molar-refractivity contribution >= 4 is 12.1 Å². The maximum atomic E-state index is 12.3. The van der Waals surface area contributed by atoms with Crippen molar-refractivity contribution in [1.29, 1.82) is 0 Å². The summed E-state index contributed by atoms with van der Waals surface area (Å²) in [6.45, 7) is 12.3. The SMILES string of the molecule is COc1ccc(CCCC(C)(C)C)cc1C(=O)OC(C)(C)C.O=C=O. The van der Waals surface area contributed by atoms with Crippen molar-refractivity contribution in [2.24, 2.45) is 5.41 Å². The van der Waals surface area contributed by atoms with Gasteiger partial charge in [-0.25, -0.2) is 4.79 Å². The summed E-state index contributed by atoms with van der Waals surface area (Å²) in [5.74, 6) is 0.232. The summed E-state index contributed by atoms with van der Waals surface area (Å²) in [6.07, 6.45) is 3.46. The standard InChI is InChI=1S/C19H30O3.CO2/c1-18(2,3)12-8-9-14-10-11-16(21-7)15(13-14)17(20)22-19(4,5)6;2-1-3/h10-11,13H,8-9,12H2,1-7H3;. The summed E-state index contributed by atoms with van der Waals surface area (Å²) in [5.41, 5.74) is 1.47. The average molecular weight is 350 g/mol. The van der Waals surface area contributed by atoms with E-state index in [2.05, 4.69) is 20.8 Å². The summed E-state index contributed by atoms with van der Waals surface area (Å²) < 4.78 is 10.8. The maximum Gasteiger partial charge on any atom is 0.373 e. The highest BCUT2D eigenvalue weighted by Gasteiger charge is 2.21. The molecule has 1 rings (SSSR count). The Morgan fingerprint density at radius 2 is 1.64 bits per heavy atom. The van der Waals surface area contributed by atoms with Gasteiger partial charge >= 0.3 is 12.1 Å². The molecule has 0 saturated heterocycles. The van der Waals surface area contributed by atoms with Crippen LogP contribution in [0.15, 0.2) is 18.2 Å². The van der Waals surface area contributed by atoms with Gasteiger partial charge in [-0.3, -0.25) is 0 Å². The number of rotatable bonds is 5. The van der Waals surface area contributed by atoms with E-state index in [1.807, 2.05) is 39.0 Å². The minimum atomic E-state index is -0.510. The Hall–Kier alpha value is -2.13. The van der Waals surface area contributed by atoms with Gasteiger partial charge in [0.1, 0.15) is 16.9 Å². The number of carbonyl (C=O) groups is 1. The number of hydrogen-bond donors (Lipinski definition) is 0. The number of hydrogen-bond acceptors (Lipinski definition) is 5. The van der Waals surface area contributed by atoms with Crippen molar-refractivity contribution < 1.29 is 23.9 Å². The van der Waals surface area contributed by atoms with Crippen molar-refractivity contribution in [3.05, 3.63) is 29.3 Å². The number of ether oxygens (including phenoxy) is 2. The fraction of sp³-hybridized carbons (Fsp3) is 0.600. The molecule has 0 spiro atoms. The van der Waals surface area contributed by atoms with Crippen LogP contribution in [0.2, 0.25) is 0 Å². The van der Waals surface area contributed by atoms with Gasteiger partial charge in [-0.1, -0.05) is 26.8 Å². The highest BCUT2D eigenvalue weighted by Crippen LogP contribution is 2.26. The van der Waals surface area contributed by atoms with E-state index in [1.54, 1.807) is 7.11 Å². The highest BCUT2D eigenvalue weighted by molar-refractivity contribution is 5.93. The molecule has 0 atom stereocenters. The van der Waals surface area contributed by atoms with Gasteiger partial charge in [0, 0.05) is 0 Å². The second-order valence-electron chi connectivity index (χ2n) is 8.03. The molecule has 0 amide bonds. The van der Waals surface area contributed by atoms with E-state index in [4.69, 9.17) is 19.1 Å². The van der Waals surface area contributed by atoms with E-state index in [0.29, 0.717) is 16.7 Å². The van der Waals surface area contributed by atoms with Gasteiger partial charge in [0.15, 0.2) is 0 Å². The van der Waals surface area contributed by atoms with E-state index in [9.17, 15) is 4.79 Å². The van der Waals surface area contributed by atoms with Crippen LogP contribution in [-0.4, -0.2) is 24.8 Å². The number of carbonyl (C=O) groups excluding carboxylic acids is 3. The lowest BCUT2D eigenvalue weighted by atomic mass is 9.89. The zero-order valence-corrected chi connectivity index (χ0v) is 16.4. The van der Waals surface area contributed by atoms with Crippen molar-refractivity contribution in [2.75, 3.05) is 7.11 Å². The van der Waals surface area contributed by atoms with Crippen LogP contribution in [0, 0.1) is 5.41 Å². The third kappa shape index (κ3) is 10.4. The molecule has 0 saturated carbocycles. The molecular weight excluding hydrogens is 320 g/mol. The Morgan fingerprint density at radius 3 is 2.08 bits per heavy atom. The normalized spacial score (nSPS) is 11.0. The predicted molar refractivity (Wildman–Crippen MR) is 95.6 cm³/mol. The molecule has 1 aromatic rings. The Bertz CT molecular complexity index is 585. The molecule has 25 heavy (non-hydrogen) atoms.